The van der Waals surface area contributed by atoms with Gasteiger partial charge in [0.1, 0.15) is 0 Å². The third kappa shape index (κ3) is 5.18. The molecule has 0 unspecified atom stereocenters. The number of nitrogens with zero attached hydrogens (tertiary/aromatic N) is 1. The van der Waals surface area contributed by atoms with E-state index in [4.69, 9.17) is 5.73 Å². The van der Waals surface area contributed by atoms with E-state index in [1.54, 1.807) is 13.8 Å². The number of aliphatic hydroxyl groups is 1. The highest BCUT2D eigenvalue weighted by molar-refractivity contribution is 5.67. The van der Waals surface area contributed by atoms with Gasteiger partial charge in [-0.15, -0.1) is 0 Å². The van der Waals surface area contributed by atoms with Crippen LogP contribution in [0.1, 0.15) is 51.5 Å². The van der Waals surface area contributed by atoms with Crippen molar-refractivity contribution in [1.29, 1.82) is 0 Å². The number of benzene rings is 1. The topological polar surface area (TPSA) is 61.5 Å². The summed E-state index contributed by atoms with van der Waals surface area (Å²) in [6, 6.07) is 6.91. The molecule has 0 radical (unpaired) electrons. The quantitative estimate of drug-likeness (QED) is 0.706. The molecule has 1 aromatic rings. The number of nitrogen functional groups attached to an aromatic ring is 1. The fraction of sp³-hybridized carbons (Fsp3) is 0.667. The average Bonchev–Trinajstić information content (AvgIpc) is 2.46. The number of nitrogens with one attached hydrogen (secondary N) is 1. The lowest BCUT2D eigenvalue weighted by Crippen LogP contribution is -2.32. The second-order valence-corrected chi connectivity index (χ2v) is 7.29. The first-order valence-electron chi connectivity index (χ1n) is 8.40. The van der Waals surface area contributed by atoms with Gasteiger partial charge in [-0.1, -0.05) is 25.3 Å². The first-order valence-corrected chi connectivity index (χ1v) is 8.40. The molecule has 2 rings (SSSR count). The zero-order chi connectivity index (χ0) is 16.2. The highest BCUT2D eigenvalue weighted by atomic mass is 16.3. The van der Waals surface area contributed by atoms with Gasteiger partial charge in [0, 0.05) is 19.1 Å². The van der Waals surface area contributed by atoms with Crippen LogP contribution in [0.25, 0.3) is 0 Å². The van der Waals surface area contributed by atoms with Gasteiger partial charge in [0.25, 0.3) is 0 Å². The molecule has 0 spiro atoms. The van der Waals surface area contributed by atoms with Gasteiger partial charge in [-0.2, -0.15) is 0 Å². The van der Waals surface area contributed by atoms with Crippen molar-refractivity contribution in [2.24, 2.45) is 0 Å². The van der Waals surface area contributed by atoms with Crippen LogP contribution in [-0.4, -0.2) is 35.2 Å². The summed E-state index contributed by atoms with van der Waals surface area (Å²) < 4.78 is 0. The summed E-state index contributed by atoms with van der Waals surface area (Å²) in [5.74, 6) is 0. The first kappa shape index (κ1) is 17.1. The van der Waals surface area contributed by atoms with Crippen molar-refractivity contribution in [3.05, 3.63) is 23.8 Å². The van der Waals surface area contributed by atoms with Crippen LogP contribution in [0, 0.1) is 0 Å². The molecule has 4 N–H and O–H groups in total. The first-order chi connectivity index (χ1) is 10.3. The zero-order valence-electron chi connectivity index (χ0n) is 14.2. The minimum atomic E-state index is -0.744. The normalized spacial score (nSPS) is 17.0. The number of rotatable bonds is 6. The van der Waals surface area contributed by atoms with Crippen molar-refractivity contribution in [2.45, 2.75) is 64.1 Å². The molecule has 4 heteroatoms. The molecule has 1 fully saturated rings. The Morgan fingerprint density at radius 1 is 1.27 bits per heavy atom. The third-order valence-corrected chi connectivity index (χ3v) is 4.46. The Hall–Kier alpha value is -1.26. The summed E-state index contributed by atoms with van der Waals surface area (Å²) in [7, 11) is 2.21. The van der Waals surface area contributed by atoms with E-state index in [2.05, 4.69) is 23.3 Å². The fourth-order valence-electron chi connectivity index (χ4n) is 3.12. The van der Waals surface area contributed by atoms with Crippen molar-refractivity contribution in [2.75, 3.05) is 24.6 Å². The highest BCUT2D eigenvalue weighted by Crippen LogP contribution is 2.25. The predicted molar refractivity (Wildman–Crippen MR) is 94.0 cm³/mol. The molecule has 0 atom stereocenters. The molecule has 0 amide bonds. The molecule has 1 saturated carbocycles. The summed E-state index contributed by atoms with van der Waals surface area (Å²) in [5.41, 5.74) is 8.29. The molecule has 4 nitrogen and oxygen atoms in total. The fourth-order valence-corrected chi connectivity index (χ4v) is 3.12. The minimum absolute atomic E-state index is 0.485. The maximum atomic E-state index is 9.78. The van der Waals surface area contributed by atoms with E-state index < -0.39 is 5.60 Å². The van der Waals surface area contributed by atoms with Gasteiger partial charge in [0.05, 0.1) is 17.0 Å². The van der Waals surface area contributed by atoms with E-state index in [0.717, 1.165) is 17.9 Å². The molecule has 22 heavy (non-hydrogen) atoms. The smallest absolute Gasteiger partial charge is 0.0763 e. The SMILES string of the molecule is CN(Cc1ccc(NCC(C)(C)O)c(N)c1)C1CCCCC1. The maximum absolute atomic E-state index is 9.78. The molecular formula is C18H31N3O. The summed E-state index contributed by atoms with van der Waals surface area (Å²) in [6.07, 6.45) is 6.74. The molecule has 124 valence electrons. The number of hydrogen-bond acceptors (Lipinski definition) is 4. The molecule has 0 heterocycles. The third-order valence-electron chi connectivity index (χ3n) is 4.46. The van der Waals surface area contributed by atoms with Crippen molar-refractivity contribution in [1.82, 2.24) is 4.90 Å². The van der Waals surface area contributed by atoms with Crippen LogP contribution in [0.3, 0.4) is 0 Å². The Bertz CT molecular complexity index is 476. The van der Waals surface area contributed by atoms with Crippen molar-refractivity contribution >= 4 is 11.4 Å². The van der Waals surface area contributed by atoms with E-state index in [1.165, 1.54) is 37.7 Å². The maximum Gasteiger partial charge on any atom is 0.0763 e. The van der Waals surface area contributed by atoms with Crippen LogP contribution in [0.2, 0.25) is 0 Å². The lowest BCUT2D eigenvalue weighted by molar-refractivity contribution is 0.0945. The standard InChI is InChI=1S/C18H31N3O/c1-18(2,22)13-20-17-10-9-14(11-16(17)19)12-21(3)15-7-5-4-6-8-15/h9-11,15,20,22H,4-8,12-13,19H2,1-3H3. The highest BCUT2D eigenvalue weighted by Gasteiger charge is 2.18. The number of hydrogen-bond donors (Lipinski definition) is 3. The predicted octanol–water partition coefficient (Wildman–Crippen LogP) is 3.22. The molecule has 0 bridgehead atoms. The summed E-state index contributed by atoms with van der Waals surface area (Å²) in [4.78, 5) is 2.46. The summed E-state index contributed by atoms with van der Waals surface area (Å²) >= 11 is 0. The minimum Gasteiger partial charge on any atom is -0.397 e. The van der Waals surface area contributed by atoms with Gasteiger partial charge in [-0.3, -0.25) is 4.90 Å². The van der Waals surface area contributed by atoms with Gasteiger partial charge in [-0.05, 0) is 51.4 Å². The second-order valence-electron chi connectivity index (χ2n) is 7.29. The van der Waals surface area contributed by atoms with E-state index >= 15 is 0 Å². The van der Waals surface area contributed by atoms with Gasteiger partial charge in [-0.25, -0.2) is 0 Å². The van der Waals surface area contributed by atoms with Crippen LogP contribution >= 0.6 is 0 Å². The molecule has 1 aliphatic rings. The van der Waals surface area contributed by atoms with Gasteiger partial charge >= 0.3 is 0 Å². The Morgan fingerprint density at radius 3 is 2.55 bits per heavy atom. The molecule has 0 aromatic heterocycles. The monoisotopic (exact) mass is 305 g/mol. The van der Waals surface area contributed by atoms with Crippen LogP contribution in [0.15, 0.2) is 18.2 Å². The van der Waals surface area contributed by atoms with Crippen molar-refractivity contribution in [3.63, 3.8) is 0 Å². The molecule has 0 aliphatic heterocycles. The largest absolute Gasteiger partial charge is 0.397 e. The van der Waals surface area contributed by atoms with Crippen LogP contribution < -0.4 is 11.1 Å². The van der Waals surface area contributed by atoms with Crippen molar-refractivity contribution < 1.29 is 5.11 Å². The lowest BCUT2D eigenvalue weighted by atomic mass is 9.94. The zero-order valence-corrected chi connectivity index (χ0v) is 14.2. The van der Waals surface area contributed by atoms with Gasteiger partial charge in [0.2, 0.25) is 0 Å². The molecule has 1 aromatic carbocycles. The van der Waals surface area contributed by atoms with E-state index in [9.17, 15) is 5.11 Å². The Labute approximate surface area is 134 Å². The second kappa shape index (κ2) is 7.34. The molecule has 0 saturated heterocycles. The summed E-state index contributed by atoms with van der Waals surface area (Å²) in [6.45, 7) is 4.99. The molecule has 1 aliphatic carbocycles. The van der Waals surface area contributed by atoms with Gasteiger partial charge < -0.3 is 16.2 Å². The lowest BCUT2D eigenvalue weighted by Gasteiger charge is -2.31. The van der Waals surface area contributed by atoms with Crippen LogP contribution in [-0.2, 0) is 6.54 Å². The van der Waals surface area contributed by atoms with E-state index in [0.29, 0.717) is 12.6 Å². The van der Waals surface area contributed by atoms with Crippen LogP contribution in [0.5, 0.6) is 0 Å². The average molecular weight is 305 g/mol. The van der Waals surface area contributed by atoms with Crippen molar-refractivity contribution in [3.8, 4) is 0 Å². The number of nitrogens with two attached hydrogens (primary N) is 1. The number of anilines is 2. The molecular weight excluding hydrogens is 274 g/mol. The summed E-state index contributed by atoms with van der Waals surface area (Å²) in [5, 5.41) is 13.0. The van der Waals surface area contributed by atoms with Gasteiger partial charge in [0.15, 0.2) is 0 Å². The Kier molecular flexibility index (Phi) is 5.70. The van der Waals surface area contributed by atoms with E-state index in [1.807, 2.05) is 12.1 Å². The van der Waals surface area contributed by atoms with E-state index in [-0.39, 0.29) is 0 Å². The Morgan fingerprint density at radius 2 is 1.95 bits per heavy atom. The van der Waals surface area contributed by atoms with Crippen LogP contribution in [0.4, 0.5) is 11.4 Å². The Balaban J connectivity index is 1.93.